The molecular formula is C30H49N3O4. The number of amides is 3. The van der Waals surface area contributed by atoms with E-state index in [2.05, 4.69) is 35.9 Å². The average Bonchev–Trinajstić information content (AvgIpc) is 3.17. The molecule has 0 radical (unpaired) electrons. The number of carbonyl (C=O) groups excluding carboxylic acids is 3. The van der Waals surface area contributed by atoms with Crippen molar-refractivity contribution in [3.05, 3.63) is 12.2 Å². The lowest BCUT2D eigenvalue weighted by Crippen LogP contribution is -2.59. The van der Waals surface area contributed by atoms with Crippen LogP contribution in [0.1, 0.15) is 98.8 Å². The Kier molecular flexibility index (Phi) is 8.30. The molecule has 1 heterocycles. The highest BCUT2D eigenvalue weighted by Gasteiger charge is 2.60. The second kappa shape index (κ2) is 11.0. The second-order valence-electron chi connectivity index (χ2n) is 13.5. The van der Waals surface area contributed by atoms with E-state index in [0.29, 0.717) is 24.3 Å². The van der Waals surface area contributed by atoms with Crippen LogP contribution in [0, 0.1) is 34.5 Å². The van der Waals surface area contributed by atoms with Gasteiger partial charge in [0, 0.05) is 30.5 Å². The number of fused-ring (bicyclic) bond motifs is 5. The quantitative estimate of drug-likeness (QED) is 0.392. The van der Waals surface area contributed by atoms with Gasteiger partial charge in [0.2, 0.25) is 11.8 Å². The molecule has 7 atom stereocenters. The highest BCUT2D eigenvalue weighted by Crippen LogP contribution is 2.65. The van der Waals surface area contributed by atoms with E-state index in [-0.39, 0.29) is 40.7 Å². The van der Waals surface area contributed by atoms with Gasteiger partial charge in [-0.3, -0.25) is 9.59 Å². The van der Waals surface area contributed by atoms with Gasteiger partial charge in [0.15, 0.2) is 0 Å². The van der Waals surface area contributed by atoms with Crippen molar-refractivity contribution < 1.29 is 19.1 Å². The Hall–Kier alpha value is -2.05. The fourth-order valence-electron chi connectivity index (χ4n) is 8.21. The molecule has 4 rings (SSSR count). The van der Waals surface area contributed by atoms with Crippen LogP contribution in [0.25, 0.3) is 0 Å². The van der Waals surface area contributed by atoms with Crippen molar-refractivity contribution in [3.63, 3.8) is 0 Å². The van der Waals surface area contributed by atoms with Crippen LogP contribution in [-0.4, -0.2) is 42.6 Å². The number of nitrogens with one attached hydrogen (secondary N) is 3. The first-order valence-electron chi connectivity index (χ1n) is 14.7. The molecule has 3 N–H and O–H groups in total. The highest BCUT2D eigenvalue weighted by molar-refractivity contribution is 5.89. The fraction of sp³-hybridized carbons (Fsp3) is 0.833. The van der Waals surface area contributed by atoms with E-state index < -0.39 is 5.60 Å². The van der Waals surface area contributed by atoms with Crippen LogP contribution in [0.15, 0.2) is 12.2 Å². The van der Waals surface area contributed by atoms with Gasteiger partial charge in [-0.25, -0.2) is 4.79 Å². The smallest absolute Gasteiger partial charge is 0.407 e. The van der Waals surface area contributed by atoms with Gasteiger partial charge < -0.3 is 20.7 Å². The summed E-state index contributed by atoms with van der Waals surface area (Å²) in [5.41, 5.74) is -0.341. The van der Waals surface area contributed by atoms with Gasteiger partial charge in [0.05, 0.1) is 0 Å². The molecule has 3 fully saturated rings. The minimum Gasteiger partial charge on any atom is -0.444 e. The Labute approximate surface area is 223 Å². The molecule has 1 aliphatic heterocycles. The topological polar surface area (TPSA) is 96.5 Å². The van der Waals surface area contributed by atoms with Crippen LogP contribution in [0.5, 0.6) is 0 Å². The van der Waals surface area contributed by atoms with Gasteiger partial charge in [-0.2, -0.15) is 0 Å². The van der Waals surface area contributed by atoms with Gasteiger partial charge in [0.1, 0.15) is 5.60 Å². The molecule has 0 spiro atoms. The molecule has 0 unspecified atom stereocenters. The van der Waals surface area contributed by atoms with E-state index in [1.807, 2.05) is 20.8 Å². The molecule has 3 amide bonds. The van der Waals surface area contributed by atoms with E-state index in [1.54, 1.807) is 6.08 Å². The van der Waals surface area contributed by atoms with E-state index in [4.69, 9.17) is 4.74 Å². The zero-order chi connectivity index (χ0) is 26.8. The Balaban J connectivity index is 1.19. The predicted octanol–water partition coefficient (Wildman–Crippen LogP) is 5.10. The summed E-state index contributed by atoms with van der Waals surface area (Å²) in [5, 5.41) is 9.29. The number of carbonyl (C=O) groups is 3. The lowest BCUT2D eigenvalue weighted by Gasteiger charge is -2.58. The van der Waals surface area contributed by atoms with Gasteiger partial charge in [0.25, 0.3) is 0 Å². The van der Waals surface area contributed by atoms with Crippen LogP contribution in [-0.2, 0) is 14.3 Å². The Morgan fingerprint density at radius 2 is 1.68 bits per heavy atom. The molecule has 37 heavy (non-hydrogen) atoms. The molecule has 0 aromatic carbocycles. The van der Waals surface area contributed by atoms with Crippen molar-refractivity contribution in [2.24, 2.45) is 34.5 Å². The molecule has 0 aromatic heterocycles. The van der Waals surface area contributed by atoms with Crippen molar-refractivity contribution in [1.29, 1.82) is 0 Å². The number of alkyl carbamates (subject to hydrolysis) is 1. The van der Waals surface area contributed by atoms with E-state index >= 15 is 0 Å². The fourth-order valence-corrected chi connectivity index (χ4v) is 8.21. The molecular weight excluding hydrogens is 466 g/mol. The van der Waals surface area contributed by atoms with Crippen LogP contribution in [0.3, 0.4) is 0 Å². The maximum Gasteiger partial charge on any atom is 0.407 e. The molecule has 4 aliphatic rings. The number of unbranched alkanes of at least 4 members (excludes halogenated alkanes) is 3. The molecule has 0 saturated heterocycles. The molecule has 7 nitrogen and oxygen atoms in total. The van der Waals surface area contributed by atoms with Crippen molar-refractivity contribution in [1.82, 2.24) is 16.0 Å². The lowest BCUT2D eigenvalue weighted by atomic mass is 9.48. The first-order chi connectivity index (χ1) is 17.4. The Morgan fingerprint density at radius 3 is 2.38 bits per heavy atom. The molecule has 7 heteroatoms. The van der Waals surface area contributed by atoms with Gasteiger partial charge >= 0.3 is 6.09 Å². The van der Waals surface area contributed by atoms with Crippen LogP contribution in [0.2, 0.25) is 0 Å². The van der Waals surface area contributed by atoms with Crippen LogP contribution < -0.4 is 16.0 Å². The number of rotatable bonds is 8. The zero-order valence-electron chi connectivity index (χ0n) is 23.7. The van der Waals surface area contributed by atoms with Crippen molar-refractivity contribution in [2.45, 2.75) is 110 Å². The SMILES string of the molecule is CC(C)(C)OC(=O)NCCCCCCNC(=O)[C@H]1CC[C@H]2[C@@H]3CC[C@H]4NC(=O)C=C[C@]4(C)[C@H]3CC[C@]12C. The first-order valence-corrected chi connectivity index (χ1v) is 14.7. The number of hydrogen-bond acceptors (Lipinski definition) is 4. The second-order valence-corrected chi connectivity index (χ2v) is 13.5. The summed E-state index contributed by atoms with van der Waals surface area (Å²) in [6, 6.07) is 0.254. The third-order valence-electron chi connectivity index (χ3n) is 10.1. The van der Waals surface area contributed by atoms with E-state index in [9.17, 15) is 14.4 Å². The van der Waals surface area contributed by atoms with Crippen LogP contribution in [0.4, 0.5) is 4.79 Å². The lowest BCUT2D eigenvalue weighted by molar-refractivity contribution is -0.134. The summed E-state index contributed by atoms with van der Waals surface area (Å²) in [4.78, 5) is 36.9. The third-order valence-corrected chi connectivity index (χ3v) is 10.1. The molecule has 208 valence electrons. The Morgan fingerprint density at radius 1 is 0.973 bits per heavy atom. The van der Waals surface area contributed by atoms with Crippen molar-refractivity contribution in [2.75, 3.05) is 13.1 Å². The van der Waals surface area contributed by atoms with E-state index in [0.717, 1.165) is 70.8 Å². The largest absolute Gasteiger partial charge is 0.444 e. The Bertz CT molecular complexity index is 896. The number of hydrogen-bond donors (Lipinski definition) is 3. The zero-order valence-corrected chi connectivity index (χ0v) is 23.7. The highest BCUT2D eigenvalue weighted by atomic mass is 16.6. The first kappa shape index (κ1) is 28.0. The summed E-state index contributed by atoms with van der Waals surface area (Å²) >= 11 is 0. The summed E-state index contributed by atoms with van der Waals surface area (Å²) in [7, 11) is 0. The summed E-state index contributed by atoms with van der Waals surface area (Å²) in [6.45, 7) is 11.7. The van der Waals surface area contributed by atoms with Crippen molar-refractivity contribution in [3.8, 4) is 0 Å². The normalized spacial score (nSPS) is 36.6. The summed E-state index contributed by atoms with van der Waals surface area (Å²) < 4.78 is 5.25. The van der Waals surface area contributed by atoms with Gasteiger partial charge in [-0.05, 0) is 101 Å². The molecule has 3 aliphatic carbocycles. The molecule has 3 saturated carbocycles. The monoisotopic (exact) mass is 515 g/mol. The maximum atomic E-state index is 13.3. The standard InChI is InChI=1S/C30H49N3O4/c1-28(2,3)37-27(36)32-19-9-7-6-8-18-31-26(35)23-12-11-21-20-10-13-24-30(5,17-15-25(34)33-24)22(20)14-16-29(21,23)4/h15,17,20-24H,6-14,16,18-19H2,1-5H3,(H,31,35)(H,32,36)(H,33,34)/t20-,21-,22-,23+,24+,29-,30+/m0/s1. The molecule has 0 bridgehead atoms. The minimum absolute atomic E-state index is 0.0426. The predicted molar refractivity (Wildman–Crippen MR) is 145 cm³/mol. The van der Waals surface area contributed by atoms with E-state index in [1.165, 1.54) is 0 Å². The van der Waals surface area contributed by atoms with Gasteiger partial charge in [-0.15, -0.1) is 0 Å². The van der Waals surface area contributed by atoms with Crippen molar-refractivity contribution >= 4 is 17.9 Å². The number of ether oxygens (including phenoxy) is 1. The molecule has 0 aromatic rings. The maximum absolute atomic E-state index is 13.3. The summed E-state index contributed by atoms with van der Waals surface area (Å²) in [6.07, 6.45) is 14.1. The summed E-state index contributed by atoms with van der Waals surface area (Å²) in [5.74, 6) is 2.25. The average molecular weight is 516 g/mol. The third kappa shape index (κ3) is 6.01. The van der Waals surface area contributed by atoms with Crippen LogP contribution >= 0.6 is 0 Å². The minimum atomic E-state index is -0.471. The van der Waals surface area contributed by atoms with Gasteiger partial charge in [-0.1, -0.05) is 32.8 Å².